The lowest BCUT2D eigenvalue weighted by atomic mass is 9.93. The van der Waals surface area contributed by atoms with E-state index in [0.717, 1.165) is 10.8 Å². The molecule has 0 bridgehead atoms. The lowest BCUT2D eigenvalue weighted by Gasteiger charge is -2.13. The van der Waals surface area contributed by atoms with Crippen molar-refractivity contribution >= 4 is 41.4 Å². The van der Waals surface area contributed by atoms with Gasteiger partial charge in [-0.05, 0) is 42.5 Å². The molecule has 0 saturated heterocycles. The monoisotopic (exact) mass is 380 g/mol. The predicted molar refractivity (Wildman–Crippen MR) is 103 cm³/mol. The summed E-state index contributed by atoms with van der Waals surface area (Å²) in [7, 11) is 0. The third-order valence-corrected chi connectivity index (χ3v) is 3.99. The van der Waals surface area contributed by atoms with Crippen molar-refractivity contribution in [2.75, 3.05) is 0 Å². The molecule has 2 N–H and O–H groups in total. The predicted octanol–water partition coefficient (Wildman–Crippen LogP) is 4.78. The van der Waals surface area contributed by atoms with Crippen molar-refractivity contribution in [3.05, 3.63) is 76.9 Å². The molecule has 0 aliphatic carbocycles. The Morgan fingerprint density at radius 1 is 1.20 bits per heavy atom. The largest absolute Gasteiger partial charge is 0.324 e. The van der Waals surface area contributed by atoms with E-state index in [1.807, 2.05) is 6.07 Å². The Bertz CT molecular complexity index is 885. The topological polar surface area (TPSA) is 56.0 Å². The Morgan fingerprint density at radius 2 is 1.92 bits per heavy atom. The number of hydrogen-bond donors (Lipinski definition) is 1. The van der Waals surface area contributed by atoms with Gasteiger partial charge in [-0.1, -0.05) is 24.3 Å². The van der Waals surface area contributed by atoms with Crippen molar-refractivity contribution < 1.29 is 9.18 Å². The van der Waals surface area contributed by atoms with Crippen molar-refractivity contribution in [3.63, 3.8) is 0 Å². The van der Waals surface area contributed by atoms with Crippen LogP contribution in [0.1, 0.15) is 40.0 Å². The zero-order chi connectivity index (χ0) is 16.6. The van der Waals surface area contributed by atoms with Gasteiger partial charge >= 0.3 is 0 Å². The minimum atomic E-state index is -0.534. The Labute approximate surface area is 158 Å². The highest BCUT2D eigenvalue weighted by Crippen LogP contribution is 2.25. The van der Waals surface area contributed by atoms with E-state index in [1.54, 1.807) is 50.5 Å². The van der Waals surface area contributed by atoms with E-state index >= 15 is 0 Å². The van der Waals surface area contributed by atoms with Gasteiger partial charge in [0, 0.05) is 29.4 Å². The number of ketones is 1. The van der Waals surface area contributed by atoms with Gasteiger partial charge in [0.1, 0.15) is 5.82 Å². The van der Waals surface area contributed by atoms with E-state index in [1.165, 1.54) is 6.07 Å². The summed E-state index contributed by atoms with van der Waals surface area (Å²) in [5.74, 6) is -0.860. The first-order valence-electron chi connectivity index (χ1n) is 7.42. The molecule has 2 aromatic carbocycles. The molecule has 0 aliphatic rings. The van der Waals surface area contributed by atoms with Crippen LogP contribution in [0.2, 0.25) is 0 Å². The number of rotatable bonds is 3. The number of carbonyl (C=O) groups is 1. The molecule has 0 amide bonds. The molecule has 0 saturated carbocycles. The van der Waals surface area contributed by atoms with Gasteiger partial charge in [0.15, 0.2) is 5.78 Å². The van der Waals surface area contributed by atoms with Crippen molar-refractivity contribution in [1.29, 1.82) is 0 Å². The fourth-order valence-electron chi connectivity index (χ4n) is 2.78. The molecule has 25 heavy (non-hydrogen) atoms. The second-order valence-corrected chi connectivity index (χ2v) is 5.71. The molecule has 1 aromatic heterocycles. The van der Waals surface area contributed by atoms with Gasteiger partial charge in [0.25, 0.3) is 0 Å². The summed E-state index contributed by atoms with van der Waals surface area (Å²) < 4.78 is 14.5. The van der Waals surface area contributed by atoms with E-state index in [2.05, 4.69) is 4.98 Å². The SMILES string of the molecule is Cc1cc(C(C)N)cc(F)c1C(=O)c1cccc2cnccc12.Cl.Cl. The maximum absolute atomic E-state index is 14.5. The molecule has 3 rings (SSSR count). The Kier molecular flexibility index (Phi) is 7.06. The van der Waals surface area contributed by atoms with E-state index < -0.39 is 5.82 Å². The molecule has 0 fully saturated rings. The standard InChI is InChI=1S/C19H17FN2O.2ClH/c1-11-8-14(12(2)21)9-17(20)18(11)19(23)16-5-3-4-13-10-22-7-6-15(13)16;;/h3-10,12H,21H2,1-2H3;2*1H. The van der Waals surface area contributed by atoms with Crippen LogP contribution in [0.3, 0.4) is 0 Å². The first-order valence-corrected chi connectivity index (χ1v) is 7.42. The van der Waals surface area contributed by atoms with Crippen LogP contribution >= 0.6 is 24.8 Å². The highest BCUT2D eigenvalue weighted by atomic mass is 35.5. The quantitative estimate of drug-likeness (QED) is 0.665. The molecular weight excluding hydrogens is 362 g/mol. The lowest BCUT2D eigenvalue weighted by molar-refractivity contribution is 0.103. The van der Waals surface area contributed by atoms with E-state index in [9.17, 15) is 9.18 Å². The number of pyridine rings is 1. The second-order valence-electron chi connectivity index (χ2n) is 5.71. The average molecular weight is 381 g/mol. The number of aromatic nitrogens is 1. The minimum Gasteiger partial charge on any atom is -0.324 e. The fourth-order valence-corrected chi connectivity index (χ4v) is 2.78. The van der Waals surface area contributed by atoms with Crippen LogP contribution in [0, 0.1) is 12.7 Å². The Morgan fingerprint density at radius 3 is 2.56 bits per heavy atom. The molecule has 132 valence electrons. The van der Waals surface area contributed by atoms with Gasteiger partial charge in [-0.15, -0.1) is 24.8 Å². The normalized spacial score (nSPS) is 11.4. The number of benzene rings is 2. The second kappa shape index (κ2) is 8.39. The zero-order valence-corrected chi connectivity index (χ0v) is 15.5. The summed E-state index contributed by atoms with van der Waals surface area (Å²) >= 11 is 0. The third kappa shape index (κ3) is 3.98. The molecule has 3 aromatic rings. The zero-order valence-electron chi connectivity index (χ0n) is 13.8. The van der Waals surface area contributed by atoms with Crippen LogP contribution < -0.4 is 5.73 Å². The van der Waals surface area contributed by atoms with Gasteiger partial charge in [0.05, 0.1) is 5.56 Å². The van der Waals surface area contributed by atoms with Gasteiger partial charge in [-0.25, -0.2) is 4.39 Å². The van der Waals surface area contributed by atoms with Crippen LogP contribution in [0.15, 0.2) is 48.8 Å². The third-order valence-electron chi connectivity index (χ3n) is 3.99. The van der Waals surface area contributed by atoms with Crippen LogP contribution in [-0.2, 0) is 0 Å². The van der Waals surface area contributed by atoms with Crippen molar-refractivity contribution in [1.82, 2.24) is 4.98 Å². The molecule has 1 unspecified atom stereocenters. The molecule has 1 atom stereocenters. The summed E-state index contributed by atoms with van der Waals surface area (Å²) in [5.41, 5.74) is 7.64. The molecule has 1 heterocycles. The van der Waals surface area contributed by atoms with Crippen molar-refractivity contribution in [3.8, 4) is 0 Å². The van der Waals surface area contributed by atoms with Crippen molar-refractivity contribution in [2.45, 2.75) is 19.9 Å². The molecule has 6 heteroatoms. The molecule has 0 aliphatic heterocycles. The van der Waals surface area contributed by atoms with Crippen molar-refractivity contribution in [2.24, 2.45) is 5.73 Å². The lowest BCUT2D eigenvalue weighted by Crippen LogP contribution is -2.11. The number of carbonyl (C=O) groups excluding carboxylic acids is 1. The fraction of sp³-hybridized carbons (Fsp3) is 0.158. The summed E-state index contributed by atoms with van der Waals surface area (Å²) in [6, 6.07) is 9.97. The number of nitrogens with two attached hydrogens (primary N) is 1. The average Bonchev–Trinajstić information content (AvgIpc) is 2.53. The number of hydrogen-bond acceptors (Lipinski definition) is 3. The smallest absolute Gasteiger partial charge is 0.196 e. The number of fused-ring (bicyclic) bond motifs is 1. The van der Waals surface area contributed by atoms with Crippen LogP contribution in [0.25, 0.3) is 10.8 Å². The van der Waals surface area contributed by atoms with Gasteiger partial charge < -0.3 is 5.73 Å². The Balaban J connectivity index is 0.00000156. The molecule has 0 spiro atoms. The minimum absolute atomic E-state index is 0. The van der Waals surface area contributed by atoms with Crippen LogP contribution in [0.5, 0.6) is 0 Å². The molecule has 3 nitrogen and oxygen atoms in total. The number of aryl methyl sites for hydroxylation is 1. The number of nitrogens with zero attached hydrogens (tertiary/aromatic N) is 1. The summed E-state index contributed by atoms with van der Waals surface area (Å²) in [5, 5.41) is 1.62. The summed E-state index contributed by atoms with van der Waals surface area (Å²) in [6.45, 7) is 3.52. The maximum atomic E-state index is 14.5. The van der Waals surface area contributed by atoms with E-state index in [4.69, 9.17) is 5.73 Å². The first kappa shape index (κ1) is 21.0. The summed E-state index contributed by atoms with van der Waals surface area (Å²) in [6.07, 6.45) is 3.32. The highest BCUT2D eigenvalue weighted by molar-refractivity contribution is 6.17. The molecule has 0 radical (unpaired) electrons. The van der Waals surface area contributed by atoms with Crippen LogP contribution in [0.4, 0.5) is 4.39 Å². The van der Waals surface area contributed by atoms with E-state index in [-0.39, 0.29) is 42.2 Å². The van der Waals surface area contributed by atoms with Crippen LogP contribution in [-0.4, -0.2) is 10.8 Å². The number of halogens is 3. The Hall–Kier alpha value is -2.01. The van der Waals surface area contributed by atoms with E-state index in [0.29, 0.717) is 16.7 Å². The summed E-state index contributed by atoms with van der Waals surface area (Å²) in [4.78, 5) is 16.9. The molecular formula is C19H19Cl2FN2O. The van der Waals surface area contributed by atoms with Gasteiger partial charge in [-0.2, -0.15) is 0 Å². The maximum Gasteiger partial charge on any atom is 0.196 e. The highest BCUT2D eigenvalue weighted by Gasteiger charge is 2.20. The van der Waals surface area contributed by atoms with Gasteiger partial charge in [-0.3, -0.25) is 9.78 Å². The van der Waals surface area contributed by atoms with Gasteiger partial charge in [0.2, 0.25) is 0 Å². The first-order chi connectivity index (χ1) is 11.0.